The average Bonchev–Trinajstić information content (AvgIpc) is 2.68. The predicted octanol–water partition coefficient (Wildman–Crippen LogP) is 3.44. The monoisotopic (exact) mass is 352 g/mol. The maximum atomic E-state index is 12.9. The van der Waals surface area contributed by atoms with E-state index in [0.717, 1.165) is 63.2 Å². The van der Waals surface area contributed by atoms with Crippen molar-refractivity contribution in [3.05, 3.63) is 58.9 Å². The lowest BCUT2D eigenvalue weighted by Crippen LogP contribution is -2.36. The molecule has 1 aromatic carbocycles. The number of hydrogen-bond acceptors (Lipinski definition) is 3. The lowest BCUT2D eigenvalue weighted by molar-refractivity contribution is 0.0583. The molecule has 4 nitrogen and oxygen atoms in total. The normalized spacial score (nSPS) is 20.5. The number of benzene rings is 1. The van der Waals surface area contributed by atoms with Crippen LogP contribution in [0.1, 0.15) is 47.2 Å². The largest absolute Gasteiger partial charge is 0.381 e. The van der Waals surface area contributed by atoms with E-state index in [1.807, 2.05) is 24.3 Å². The Labute approximate surface area is 155 Å². The lowest BCUT2D eigenvalue weighted by atomic mass is 9.88. The van der Waals surface area contributed by atoms with E-state index >= 15 is 0 Å². The highest BCUT2D eigenvalue weighted by molar-refractivity contribution is 5.97. The molecule has 1 N–H and O–H groups in total. The summed E-state index contributed by atoms with van der Waals surface area (Å²) in [6, 6.07) is 6.16. The second-order valence-corrected chi connectivity index (χ2v) is 7.62. The van der Waals surface area contributed by atoms with Crippen LogP contribution in [0.5, 0.6) is 0 Å². The number of amides is 1. The van der Waals surface area contributed by atoms with Gasteiger partial charge in [-0.1, -0.05) is 12.1 Å². The summed E-state index contributed by atoms with van der Waals surface area (Å²) in [6.07, 6.45) is 13.0. The van der Waals surface area contributed by atoms with Crippen molar-refractivity contribution >= 4 is 5.91 Å². The van der Waals surface area contributed by atoms with Crippen LogP contribution < -0.4 is 5.32 Å². The maximum absolute atomic E-state index is 12.9. The summed E-state index contributed by atoms with van der Waals surface area (Å²) in [4.78, 5) is 15.2. The van der Waals surface area contributed by atoms with Crippen LogP contribution in [0, 0.1) is 5.92 Å². The van der Waals surface area contributed by atoms with Gasteiger partial charge in [-0.2, -0.15) is 0 Å². The van der Waals surface area contributed by atoms with E-state index in [2.05, 4.69) is 22.5 Å². The molecule has 0 spiro atoms. The third-order valence-electron chi connectivity index (χ3n) is 5.72. The topological polar surface area (TPSA) is 41.6 Å². The molecule has 4 heteroatoms. The summed E-state index contributed by atoms with van der Waals surface area (Å²) >= 11 is 0. The van der Waals surface area contributed by atoms with Gasteiger partial charge in [-0.15, -0.1) is 0 Å². The van der Waals surface area contributed by atoms with Gasteiger partial charge in [0.15, 0.2) is 0 Å². The number of ether oxygens (including phenoxy) is 1. The molecule has 1 aliphatic carbocycles. The molecule has 1 saturated heterocycles. The van der Waals surface area contributed by atoms with Crippen LogP contribution in [-0.2, 0) is 17.6 Å². The number of carbonyl (C=O) groups excluding carboxylic acids is 1. The quantitative estimate of drug-likeness (QED) is 0.903. The Morgan fingerprint density at radius 2 is 2.04 bits per heavy atom. The number of nitrogens with zero attached hydrogens (tertiary/aromatic N) is 1. The van der Waals surface area contributed by atoms with Crippen LogP contribution in [0.25, 0.3) is 0 Å². The van der Waals surface area contributed by atoms with Crippen LogP contribution in [0.2, 0.25) is 0 Å². The zero-order valence-electron chi connectivity index (χ0n) is 15.4. The number of rotatable bonds is 4. The van der Waals surface area contributed by atoms with Gasteiger partial charge in [0.1, 0.15) is 0 Å². The molecule has 0 saturated carbocycles. The van der Waals surface area contributed by atoms with Crippen molar-refractivity contribution in [1.82, 2.24) is 10.2 Å². The smallest absolute Gasteiger partial charge is 0.255 e. The Morgan fingerprint density at radius 3 is 2.92 bits per heavy atom. The van der Waals surface area contributed by atoms with E-state index in [1.165, 1.54) is 24.0 Å². The van der Waals surface area contributed by atoms with Gasteiger partial charge in [0.25, 0.3) is 5.91 Å². The minimum Gasteiger partial charge on any atom is -0.381 e. The molecule has 0 unspecified atom stereocenters. The molecular formula is C22H28N2O2. The van der Waals surface area contributed by atoms with Crippen LogP contribution in [0.4, 0.5) is 0 Å². The number of nitrogens with one attached hydrogen (secondary N) is 1. The van der Waals surface area contributed by atoms with Gasteiger partial charge in [-0.25, -0.2) is 0 Å². The molecule has 3 aliphatic rings. The Balaban J connectivity index is 1.39. The predicted molar refractivity (Wildman–Crippen MR) is 103 cm³/mol. The summed E-state index contributed by atoms with van der Waals surface area (Å²) in [5, 5.41) is 3.16. The lowest BCUT2D eigenvalue weighted by Gasteiger charge is -2.31. The molecule has 1 fully saturated rings. The van der Waals surface area contributed by atoms with Crippen molar-refractivity contribution in [3.8, 4) is 0 Å². The number of hydrogen-bond donors (Lipinski definition) is 1. The summed E-state index contributed by atoms with van der Waals surface area (Å²) < 4.78 is 5.45. The van der Waals surface area contributed by atoms with Crippen LogP contribution in [0.15, 0.2) is 42.2 Å². The molecule has 4 rings (SSSR count). The van der Waals surface area contributed by atoms with Gasteiger partial charge < -0.3 is 15.0 Å². The Kier molecular flexibility index (Phi) is 5.40. The molecule has 138 valence electrons. The number of fused-ring (bicyclic) bond motifs is 1. The van der Waals surface area contributed by atoms with E-state index < -0.39 is 0 Å². The van der Waals surface area contributed by atoms with Gasteiger partial charge in [0.05, 0.1) is 6.54 Å². The molecule has 1 aromatic rings. The first kappa shape index (κ1) is 17.3. The Bertz CT molecular complexity index is 717. The highest BCUT2D eigenvalue weighted by atomic mass is 16.5. The van der Waals surface area contributed by atoms with E-state index in [1.54, 1.807) is 0 Å². The molecule has 0 radical (unpaired) electrons. The standard InChI is InChI=1S/C22H28N2O2/c25-22(21-9-3-6-18-5-1-2-8-20(18)21)23-19-7-4-12-24(16-19)15-17-10-13-26-14-11-17/h3-4,6-7,9,12,17H,1-2,5,8,10-11,13-16H2,(H,23,25). The minimum atomic E-state index is 0.0383. The second kappa shape index (κ2) is 8.09. The summed E-state index contributed by atoms with van der Waals surface area (Å²) in [6.45, 7) is 3.56. The van der Waals surface area contributed by atoms with Gasteiger partial charge >= 0.3 is 0 Å². The molecule has 0 bridgehead atoms. The van der Waals surface area contributed by atoms with Crippen molar-refractivity contribution in [2.45, 2.75) is 38.5 Å². The SMILES string of the molecule is O=C(NC1=CC=CN(CC2CCOCC2)C1)c1cccc2c1CCCC2. The molecule has 2 heterocycles. The van der Waals surface area contributed by atoms with Crippen LogP contribution in [0.3, 0.4) is 0 Å². The van der Waals surface area contributed by atoms with Gasteiger partial charge in [0, 0.05) is 31.0 Å². The second-order valence-electron chi connectivity index (χ2n) is 7.62. The minimum absolute atomic E-state index is 0.0383. The van der Waals surface area contributed by atoms with Crippen molar-refractivity contribution < 1.29 is 9.53 Å². The molecular weight excluding hydrogens is 324 g/mol. The fourth-order valence-electron chi connectivity index (χ4n) is 4.28. The summed E-state index contributed by atoms with van der Waals surface area (Å²) in [5.41, 5.74) is 4.44. The molecule has 2 aliphatic heterocycles. The van der Waals surface area contributed by atoms with E-state index in [9.17, 15) is 4.79 Å². The highest BCUT2D eigenvalue weighted by Gasteiger charge is 2.21. The zero-order chi connectivity index (χ0) is 17.8. The fourth-order valence-corrected chi connectivity index (χ4v) is 4.28. The first-order valence-corrected chi connectivity index (χ1v) is 9.91. The summed E-state index contributed by atoms with van der Waals surface area (Å²) in [7, 11) is 0. The Morgan fingerprint density at radius 1 is 1.19 bits per heavy atom. The van der Waals surface area contributed by atoms with Crippen molar-refractivity contribution in [2.24, 2.45) is 5.92 Å². The third-order valence-corrected chi connectivity index (χ3v) is 5.72. The van der Waals surface area contributed by atoms with Crippen LogP contribution >= 0.6 is 0 Å². The first-order chi connectivity index (χ1) is 12.8. The van der Waals surface area contributed by atoms with E-state index in [4.69, 9.17) is 4.74 Å². The maximum Gasteiger partial charge on any atom is 0.255 e. The van der Waals surface area contributed by atoms with Gasteiger partial charge in [0.2, 0.25) is 0 Å². The first-order valence-electron chi connectivity index (χ1n) is 9.91. The average molecular weight is 352 g/mol. The molecule has 26 heavy (non-hydrogen) atoms. The highest BCUT2D eigenvalue weighted by Crippen LogP contribution is 2.25. The number of carbonyl (C=O) groups is 1. The molecule has 0 atom stereocenters. The van der Waals surface area contributed by atoms with E-state index in [-0.39, 0.29) is 5.91 Å². The van der Waals surface area contributed by atoms with Crippen molar-refractivity contribution in [1.29, 1.82) is 0 Å². The van der Waals surface area contributed by atoms with Crippen LogP contribution in [-0.4, -0.2) is 37.1 Å². The molecule has 0 aromatic heterocycles. The van der Waals surface area contributed by atoms with E-state index in [0.29, 0.717) is 5.92 Å². The van der Waals surface area contributed by atoms with Gasteiger partial charge in [-0.05, 0) is 80.0 Å². The Hall–Kier alpha value is -2.07. The summed E-state index contributed by atoms with van der Waals surface area (Å²) in [5.74, 6) is 0.723. The fraction of sp³-hybridized carbons (Fsp3) is 0.500. The van der Waals surface area contributed by atoms with Gasteiger partial charge in [-0.3, -0.25) is 4.79 Å². The molecule has 1 amide bonds. The number of aryl methyl sites for hydroxylation is 1. The van der Waals surface area contributed by atoms with Crippen molar-refractivity contribution in [2.75, 3.05) is 26.3 Å². The number of allylic oxidation sites excluding steroid dienone is 2. The third kappa shape index (κ3) is 4.01. The van der Waals surface area contributed by atoms with Crippen molar-refractivity contribution in [3.63, 3.8) is 0 Å². The zero-order valence-corrected chi connectivity index (χ0v) is 15.4.